The summed E-state index contributed by atoms with van der Waals surface area (Å²) in [6.45, 7) is 3.19. The Labute approximate surface area is 85.4 Å². The van der Waals surface area contributed by atoms with E-state index < -0.39 is 0 Å². The standard InChI is InChI=1S/C12H16N2/c1-3-11-7-4-5-8-12(11)14-10-6-9-13(14)2/h4-8,10H,3,9H2,1-2H3. The Morgan fingerprint density at radius 1 is 1.29 bits per heavy atom. The summed E-state index contributed by atoms with van der Waals surface area (Å²) < 4.78 is 0. The van der Waals surface area contributed by atoms with E-state index in [1.807, 2.05) is 0 Å². The fourth-order valence-corrected chi connectivity index (χ4v) is 1.80. The summed E-state index contributed by atoms with van der Waals surface area (Å²) >= 11 is 0. The summed E-state index contributed by atoms with van der Waals surface area (Å²) in [5.41, 5.74) is 2.69. The van der Waals surface area contributed by atoms with Gasteiger partial charge in [0.25, 0.3) is 0 Å². The van der Waals surface area contributed by atoms with Crippen LogP contribution in [0.1, 0.15) is 12.5 Å². The van der Waals surface area contributed by atoms with E-state index in [9.17, 15) is 0 Å². The van der Waals surface area contributed by atoms with E-state index >= 15 is 0 Å². The molecule has 0 fully saturated rings. The van der Waals surface area contributed by atoms with Gasteiger partial charge in [0, 0.05) is 19.8 Å². The summed E-state index contributed by atoms with van der Waals surface area (Å²) in [5, 5.41) is 4.41. The van der Waals surface area contributed by atoms with Crippen molar-refractivity contribution in [3.05, 3.63) is 42.1 Å². The molecule has 0 saturated heterocycles. The van der Waals surface area contributed by atoms with Gasteiger partial charge in [-0.25, -0.2) is 5.01 Å². The smallest absolute Gasteiger partial charge is 0.0604 e. The van der Waals surface area contributed by atoms with Crippen LogP contribution >= 0.6 is 0 Å². The van der Waals surface area contributed by atoms with E-state index in [-0.39, 0.29) is 0 Å². The summed E-state index contributed by atoms with van der Waals surface area (Å²) in [7, 11) is 2.10. The first-order valence-corrected chi connectivity index (χ1v) is 5.07. The Morgan fingerprint density at radius 3 is 2.71 bits per heavy atom. The SMILES string of the molecule is CCc1ccccc1N1C=CCN1C. The van der Waals surface area contributed by atoms with Crippen molar-refractivity contribution in [1.29, 1.82) is 0 Å². The minimum atomic E-state index is 0.998. The predicted molar refractivity (Wildman–Crippen MR) is 60.1 cm³/mol. The Kier molecular flexibility index (Phi) is 2.55. The average Bonchev–Trinajstić information content (AvgIpc) is 2.64. The molecule has 0 bridgehead atoms. The third kappa shape index (κ3) is 1.53. The van der Waals surface area contributed by atoms with Crippen LogP contribution in [0.4, 0.5) is 5.69 Å². The number of aryl methyl sites for hydroxylation is 1. The van der Waals surface area contributed by atoms with E-state index in [2.05, 4.69) is 60.5 Å². The number of para-hydroxylation sites is 1. The second kappa shape index (κ2) is 3.84. The number of anilines is 1. The lowest BCUT2D eigenvalue weighted by molar-refractivity contribution is 0.396. The van der Waals surface area contributed by atoms with Crippen molar-refractivity contribution in [3.63, 3.8) is 0 Å². The molecule has 74 valence electrons. The minimum absolute atomic E-state index is 0.998. The monoisotopic (exact) mass is 188 g/mol. The Balaban J connectivity index is 2.35. The third-order valence-electron chi connectivity index (χ3n) is 2.60. The lowest BCUT2D eigenvalue weighted by Gasteiger charge is -2.27. The van der Waals surface area contributed by atoms with E-state index in [4.69, 9.17) is 0 Å². The number of nitrogens with zero attached hydrogens (tertiary/aromatic N) is 2. The van der Waals surface area contributed by atoms with Crippen LogP contribution in [0.5, 0.6) is 0 Å². The molecule has 0 radical (unpaired) electrons. The van der Waals surface area contributed by atoms with Gasteiger partial charge in [0.1, 0.15) is 0 Å². The van der Waals surface area contributed by atoms with Crippen molar-refractivity contribution >= 4 is 5.69 Å². The van der Waals surface area contributed by atoms with Gasteiger partial charge in [-0.3, -0.25) is 5.01 Å². The van der Waals surface area contributed by atoms with Gasteiger partial charge in [0.15, 0.2) is 0 Å². The summed E-state index contributed by atoms with van der Waals surface area (Å²) in [6.07, 6.45) is 5.38. The maximum atomic E-state index is 2.21. The van der Waals surface area contributed by atoms with Crippen molar-refractivity contribution in [2.45, 2.75) is 13.3 Å². The van der Waals surface area contributed by atoms with Gasteiger partial charge in [-0.1, -0.05) is 31.2 Å². The number of benzene rings is 1. The van der Waals surface area contributed by atoms with Gasteiger partial charge in [-0.15, -0.1) is 0 Å². The van der Waals surface area contributed by atoms with Crippen molar-refractivity contribution in [2.24, 2.45) is 0 Å². The largest absolute Gasteiger partial charge is 0.282 e. The molecule has 0 atom stereocenters. The van der Waals surface area contributed by atoms with Crippen LogP contribution in [0.15, 0.2) is 36.5 Å². The molecule has 14 heavy (non-hydrogen) atoms. The molecule has 0 aliphatic carbocycles. The number of rotatable bonds is 2. The molecule has 2 heteroatoms. The zero-order valence-electron chi connectivity index (χ0n) is 8.77. The van der Waals surface area contributed by atoms with E-state index in [1.165, 1.54) is 11.3 Å². The zero-order chi connectivity index (χ0) is 9.97. The van der Waals surface area contributed by atoms with Crippen LogP contribution in [-0.4, -0.2) is 18.6 Å². The van der Waals surface area contributed by atoms with Crippen LogP contribution in [0.25, 0.3) is 0 Å². The second-order valence-electron chi connectivity index (χ2n) is 3.55. The molecular formula is C12H16N2. The molecular weight excluding hydrogens is 172 g/mol. The summed E-state index contributed by atoms with van der Waals surface area (Å²) in [5.74, 6) is 0. The first kappa shape index (κ1) is 9.28. The van der Waals surface area contributed by atoms with Gasteiger partial charge < -0.3 is 0 Å². The highest BCUT2D eigenvalue weighted by Gasteiger charge is 2.14. The van der Waals surface area contributed by atoms with Crippen molar-refractivity contribution < 1.29 is 0 Å². The molecule has 1 aromatic carbocycles. The molecule has 0 amide bonds. The normalized spacial score (nSPS) is 16.6. The van der Waals surface area contributed by atoms with Crippen molar-refractivity contribution in [1.82, 2.24) is 5.01 Å². The molecule has 1 aliphatic rings. The van der Waals surface area contributed by atoms with Crippen LogP contribution in [0, 0.1) is 0 Å². The molecule has 0 aromatic heterocycles. The highest BCUT2D eigenvalue weighted by molar-refractivity contribution is 5.55. The van der Waals surface area contributed by atoms with Crippen LogP contribution < -0.4 is 5.01 Å². The summed E-state index contributed by atoms with van der Waals surface area (Å²) in [6, 6.07) is 8.55. The molecule has 0 unspecified atom stereocenters. The van der Waals surface area contributed by atoms with Crippen molar-refractivity contribution in [2.75, 3.05) is 18.6 Å². The zero-order valence-corrected chi connectivity index (χ0v) is 8.77. The molecule has 0 spiro atoms. The highest BCUT2D eigenvalue weighted by Crippen LogP contribution is 2.24. The van der Waals surface area contributed by atoms with Gasteiger partial charge in [0.2, 0.25) is 0 Å². The van der Waals surface area contributed by atoms with Crippen LogP contribution in [0.3, 0.4) is 0 Å². The highest BCUT2D eigenvalue weighted by atomic mass is 15.6. The Morgan fingerprint density at radius 2 is 2.07 bits per heavy atom. The molecule has 0 saturated carbocycles. The second-order valence-corrected chi connectivity index (χ2v) is 3.55. The maximum Gasteiger partial charge on any atom is 0.0604 e. The van der Waals surface area contributed by atoms with Crippen molar-refractivity contribution in [3.8, 4) is 0 Å². The Bertz CT molecular complexity index is 344. The minimum Gasteiger partial charge on any atom is -0.282 e. The topological polar surface area (TPSA) is 6.48 Å². The lowest BCUT2D eigenvalue weighted by Crippen LogP contribution is -2.31. The number of hydrazine groups is 1. The number of hydrogen-bond acceptors (Lipinski definition) is 2. The van der Waals surface area contributed by atoms with Crippen LogP contribution in [-0.2, 0) is 6.42 Å². The molecule has 1 aromatic rings. The quantitative estimate of drug-likeness (QED) is 0.703. The fourth-order valence-electron chi connectivity index (χ4n) is 1.80. The lowest BCUT2D eigenvalue weighted by atomic mass is 10.1. The van der Waals surface area contributed by atoms with Gasteiger partial charge in [-0.2, -0.15) is 0 Å². The maximum absolute atomic E-state index is 2.21. The number of hydrogen-bond donors (Lipinski definition) is 0. The van der Waals surface area contributed by atoms with Gasteiger partial charge in [0.05, 0.1) is 5.69 Å². The van der Waals surface area contributed by atoms with E-state index in [0.717, 1.165) is 13.0 Å². The molecule has 1 aliphatic heterocycles. The van der Waals surface area contributed by atoms with Gasteiger partial charge >= 0.3 is 0 Å². The Hall–Kier alpha value is -1.28. The summed E-state index contributed by atoms with van der Waals surface area (Å²) in [4.78, 5) is 0. The van der Waals surface area contributed by atoms with E-state index in [1.54, 1.807) is 0 Å². The molecule has 1 heterocycles. The molecule has 2 nitrogen and oxygen atoms in total. The van der Waals surface area contributed by atoms with Gasteiger partial charge in [-0.05, 0) is 18.1 Å². The third-order valence-corrected chi connectivity index (χ3v) is 2.60. The van der Waals surface area contributed by atoms with E-state index in [0.29, 0.717) is 0 Å². The first-order chi connectivity index (χ1) is 6.83. The first-order valence-electron chi connectivity index (χ1n) is 5.07. The molecule has 2 rings (SSSR count). The average molecular weight is 188 g/mol. The fraction of sp³-hybridized carbons (Fsp3) is 0.333. The predicted octanol–water partition coefficient (Wildman–Crippen LogP) is 2.43. The van der Waals surface area contributed by atoms with Crippen LogP contribution in [0.2, 0.25) is 0 Å². The number of likely N-dealkylation sites (N-methyl/N-ethyl adjacent to an activating group) is 1. The molecule has 0 N–H and O–H groups in total.